The molecular formula is C12H17N3O2S. The van der Waals surface area contributed by atoms with Gasteiger partial charge in [0.05, 0.1) is 4.75 Å². The highest BCUT2D eigenvalue weighted by Crippen LogP contribution is 2.20. The van der Waals surface area contributed by atoms with Crippen LogP contribution in [0.2, 0.25) is 0 Å². The van der Waals surface area contributed by atoms with Crippen LogP contribution in [0.25, 0.3) is 0 Å². The monoisotopic (exact) mass is 267 g/mol. The number of hydrogen-bond donors (Lipinski definition) is 1. The summed E-state index contributed by atoms with van der Waals surface area (Å²) in [5, 5.41) is 2.81. The zero-order chi connectivity index (χ0) is 13.2. The Hall–Kier alpha value is -1.43. The SMILES string of the molecule is CC1(C)CN(C(=O)Nc2ccncc2)CC[S@]1=O. The summed E-state index contributed by atoms with van der Waals surface area (Å²) in [6.45, 7) is 4.90. The minimum Gasteiger partial charge on any atom is -0.322 e. The molecule has 1 N–H and O–H groups in total. The van der Waals surface area contributed by atoms with Crippen molar-refractivity contribution >= 4 is 22.5 Å². The molecule has 0 spiro atoms. The third-order valence-corrected chi connectivity index (χ3v) is 4.87. The van der Waals surface area contributed by atoms with Gasteiger partial charge >= 0.3 is 6.03 Å². The second-order valence-corrected chi connectivity index (χ2v) is 7.10. The number of rotatable bonds is 1. The molecule has 2 amide bonds. The van der Waals surface area contributed by atoms with Crippen LogP contribution in [0, 0.1) is 0 Å². The highest BCUT2D eigenvalue weighted by atomic mass is 32.2. The summed E-state index contributed by atoms with van der Waals surface area (Å²) in [5.41, 5.74) is 0.722. The first-order chi connectivity index (χ1) is 8.49. The van der Waals surface area contributed by atoms with Gasteiger partial charge in [0, 0.05) is 47.7 Å². The first-order valence-electron chi connectivity index (χ1n) is 5.83. The fourth-order valence-corrected chi connectivity index (χ4v) is 3.13. The lowest BCUT2D eigenvalue weighted by Gasteiger charge is -2.37. The number of carbonyl (C=O) groups is 1. The lowest BCUT2D eigenvalue weighted by atomic mass is 10.2. The predicted molar refractivity (Wildman–Crippen MR) is 71.9 cm³/mol. The van der Waals surface area contributed by atoms with Crippen LogP contribution in [-0.4, -0.2) is 43.7 Å². The zero-order valence-electron chi connectivity index (χ0n) is 10.5. The standard InChI is InChI=1S/C12H17N3O2S/c1-12(2)9-15(7-8-18(12)17)11(16)14-10-3-5-13-6-4-10/h3-6H,7-9H2,1-2H3,(H,13,14,16)/t18-/m1/s1. The van der Waals surface area contributed by atoms with E-state index in [-0.39, 0.29) is 10.8 Å². The Morgan fingerprint density at radius 3 is 2.72 bits per heavy atom. The van der Waals surface area contributed by atoms with Crippen LogP contribution in [0.3, 0.4) is 0 Å². The molecule has 0 bridgehead atoms. The molecule has 6 heteroatoms. The maximum absolute atomic E-state index is 12.1. The second kappa shape index (κ2) is 5.06. The Bertz CT molecular complexity index is 462. The zero-order valence-corrected chi connectivity index (χ0v) is 11.4. The van der Waals surface area contributed by atoms with Crippen molar-refractivity contribution in [1.29, 1.82) is 0 Å². The highest BCUT2D eigenvalue weighted by Gasteiger charge is 2.35. The van der Waals surface area contributed by atoms with E-state index in [1.165, 1.54) is 0 Å². The molecule has 2 heterocycles. The van der Waals surface area contributed by atoms with Gasteiger partial charge in [-0.3, -0.25) is 9.19 Å². The van der Waals surface area contributed by atoms with Gasteiger partial charge in [-0.1, -0.05) is 0 Å². The number of nitrogens with one attached hydrogen (secondary N) is 1. The smallest absolute Gasteiger partial charge is 0.321 e. The Balaban J connectivity index is 2.00. The van der Waals surface area contributed by atoms with E-state index in [2.05, 4.69) is 10.3 Å². The van der Waals surface area contributed by atoms with Gasteiger partial charge in [0.2, 0.25) is 0 Å². The van der Waals surface area contributed by atoms with E-state index in [4.69, 9.17) is 0 Å². The van der Waals surface area contributed by atoms with Gasteiger partial charge in [0.25, 0.3) is 0 Å². The van der Waals surface area contributed by atoms with E-state index < -0.39 is 10.8 Å². The molecule has 0 aromatic carbocycles. The second-order valence-electron chi connectivity index (χ2n) is 4.90. The van der Waals surface area contributed by atoms with Gasteiger partial charge in [-0.15, -0.1) is 0 Å². The van der Waals surface area contributed by atoms with E-state index in [0.717, 1.165) is 5.69 Å². The molecule has 1 fully saturated rings. The van der Waals surface area contributed by atoms with Crippen LogP contribution in [0.4, 0.5) is 10.5 Å². The van der Waals surface area contributed by atoms with Crippen molar-refractivity contribution in [3.05, 3.63) is 24.5 Å². The van der Waals surface area contributed by atoms with Gasteiger partial charge in [-0.05, 0) is 26.0 Å². The minimum atomic E-state index is -0.866. The minimum absolute atomic E-state index is 0.147. The van der Waals surface area contributed by atoms with E-state index in [1.54, 1.807) is 29.4 Å². The molecule has 5 nitrogen and oxygen atoms in total. The number of pyridine rings is 1. The molecule has 1 atom stereocenters. The van der Waals surface area contributed by atoms with Gasteiger partial charge < -0.3 is 10.2 Å². The van der Waals surface area contributed by atoms with Crippen molar-refractivity contribution in [2.24, 2.45) is 0 Å². The predicted octanol–water partition coefficient (Wildman–Crippen LogP) is 1.46. The van der Waals surface area contributed by atoms with E-state index in [1.807, 2.05) is 13.8 Å². The number of carbonyl (C=O) groups excluding carboxylic acids is 1. The highest BCUT2D eigenvalue weighted by molar-refractivity contribution is 7.86. The molecule has 1 saturated heterocycles. The lowest BCUT2D eigenvalue weighted by Crippen LogP contribution is -2.53. The molecule has 1 aliphatic rings. The molecule has 18 heavy (non-hydrogen) atoms. The van der Waals surface area contributed by atoms with Crippen LogP contribution in [0.15, 0.2) is 24.5 Å². The van der Waals surface area contributed by atoms with E-state index >= 15 is 0 Å². The van der Waals surface area contributed by atoms with Crippen LogP contribution in [-0.2, 0) is 10.8 Å². The van der Waals surface area contributed by atoms with Gasteiger partial charge in [0.15, 0.2) is 0 Å². The summed E-state index contributed by atoms with van der Waals surface area (Å²) in [7, 11) is -0.866. The number of amides is 2. The number of nitrogens with zero attached hydrogens (tertiary/aromatic N) is 2. The van der Waals surface area contributed by atoms with Crippen molar-refractivity contribution in [3.8, 4) is 0 Å². The van der Waals surface area contributed by atoms with Gasteiger partial charge in [-0.25, -0.2) is 4.79 Å². The van der Waals surface area contributed by atoms with Crippen molar-refractivity contribution in [2.45, 2.75) is 18.6 Å². The normalized spacial score (nSPS) is 22.6. The average Bonchev–Trinajstić information content (AvgIpc) is 2.34. The van der Waals surface area contributed by atoms with Gasteiger partial charge in [-0.2, -0.15) is 0 Å². The molecule has 1 aromatic rings. The third kappa shape index (κ3) is 2.87. The van der Waals surface area contributed by atoms with Crippen LogP contribution < -0.4 is 5.32 Å². The van der Waals surface area contributed by atoms with Gasteiger partial charge in [0.1, 0.15) is 0 Å². The largest absolute Gasteiger partial charge is 0.322 e. The Morgan fingerprint density at radius 2 is 2.11 bits per heavy atom. The summed E-state index contributed by atoms with van der Waals surface area (Å²) in [6, 6.07) is 3.34. The molecule has 1 aromatic heterocycles. The Kier molecular flexibility index (Phi) is 3.65. The van der Waals surface area contributed by atoms with Crippen LogP contribution in [0.1, 0.15) is 13.8 Å². The molecular weight excluding hydrogens is 250 g/mol. The van der Waals surface area contributed by atoms with Crippen LogP contribution in [0.5, 0.6) is 0 Å². The molecule has 2 rings (SSSR count). The molecule has 0 radical (unpaired) electrons. The number of anilines is 1. The van der Waals surface area contributed by atoms with E-state index in [0.29, 0.717) is 18.8 Å². The van der Waals surface area contributed by atoms with Crippen molar-refractivity contribution in [3.63, 3.8) is 0 Å². The first-order valence-corrected chi connectivity index (χ1v) is 7.15. The number of aromatic nitrogens is 1. The fraction of sp³-hybridized carbons (Fsp3) is 0.500. The third-order valence-electron chi connectivity index (χ3n) is 2.95. The Morgan fingerprint density at radius 1 is 1.44 bits per heavy atom. The topological polar surface area (TPSA) is 62.3 Å². The fourth-order valence-electron chi connectivity index (χ4n) is 1.89. The first kappa shape index (κ1) is 13.0. The number of urea groups is 1. The van der Waals surface area contributed by atoms with Crippen molar-refractivity contribution < 1.29 is 9.00 Å². The average molecular weight is 267 g/mol. The quantitative estimate of drug-likeness (QED) is 0.838. The van der Waals surface area contributed by atoms with Crippen molar-refractivity contribution in [1.82, 2.24) is 9.88 Å². The number of hydrogen-bond acceptors (Lipinski definition) is 3. The maximum atomic E-state index is 12.1. The molecule has 0 saturated carbocycles. The molecule has 98 valence electrons. The maximum Gasteiger partial charge on any atom is 0.321 e. The molecule has 0 aliphatic carbocycles. The summed E-state index contributed by atoms with van der Waals surface area (Å²) >= 11 is 0. The summed E-state index contributed by atoms with van der Waals surface area (Å²) < 4.78 is 11.4. The summed E-state index contributed by atoms with van der Waals surface area (Å²) in [5.74, 6) is 0.538. The van der Waals surface area contributed by atoms with Crippen LogP contribution >= 0.6 is 0 Å². The Labute approximate surface area is 109 Å². The summed E-state index contributed by atoms with van der Waals surface area (Å²) in [4.78, 5) is 17.7. The molecule has 1 aliphatic heterocycles. The summed E-state index contributed by atoms with van der Waals surface area (Å²) in [6.07, 6.45) is 3.26. The molecule has 0 unspecified atom stereocenters. The van der Waals surface area contributed by atoms with Crippen molar-refractivity contribution in [2.75, 3.05) is 24.2 Å². The van der Waals surface area contributed by atoms with E-state index in [9.17, 15) is 9.00 Å². The lowest BCUT2D eigenvalue weighted by molar-refractivity contribution is 0.207.